The number of aryl methyl sites for hydroxylation is 2. The maximum atomic E-state index is 14.7. The van der Waals surface area contributed by atoms with Crippen LogP contribution in [0.1, 0.15) is 89.0 Å². The Labute approximate surface area is 485 Å². The van der Waals surface area contributed by atoms with Crippen molar-refractivity contribution in [3.8, 4) is 32.8 Å². The zero-order chi connectivity index (χ0) is 60.3. The Morgan fingerprint density at radius 1 is 0.659 bits per heavy atom. The highest BCUT2D eigenvalue weighted by molar-refractivity contribution is 7.12. The van der Waals surface area contributed by atoms with E-state index in [0.29, 0.717) is 45.2 Å². The number of aromatic amines is 2. The molecule has 0 spiro atoms. The number of amides is 5. The van der Waals surface area contributed by atoms with Crippen LogP contribution in [0.5, 0.6) is 0 Å². The van der Waals surface area contributed by atoms with E-state index in [4.69, 9.17) is 14.2 Å². The van der Waals surface area contributed by atoms with Gasteiger partial charge in [-0.1, -0.05) is 42.5 Å². The van der Waals surface area contributed by atoms with Gasteiger partial charge in [-0.15, -0.1) is 22.7 Å². The van der Waals surface area contributed by atoms with Crippen LogP contribution in [0.3, 0.4) is 0 Å². The quantitative estimate of drug-likeness (QED) is 0.0245. The third-order valence-electron chi connectivity index (χ3n) is 14.0. The first-order valence-electron chi connectivity index (χ1n) is 26.3. The number of H-pyrrole nitrogens is 2. The van der Waals surface area contributed by atoms with Gasteiger partial charge >= 0.3 is 12.4 Å². The van der Waals surface area contributed by atoms with Gasteiger partial charge < -0.3 is 24.8 Å². The first kappa shape index (κ1) is 59.3. The molecule has 85 heavy (non-hydrogen) atoms. The molecule has 1 atom stereocenters. The molecule has 0 aliphatic carbocycles. The topological polar surface area (TPSA) is 254 Å². The number of aromatic nitrogens is 6. The number of rotatable bonds is 22. The number of fused-ring (bicyclic) bond motifs is 1. The Morgan fingerprint density at radius 2 is 1.16 bits per heavy atom. The third kappa shape index (κ3) is 12.7. The van der Waals surface area contributed by atoms with Gasteiger partial charge in [0.05, 0.1) is 84.4 Å². The summed E-state index contributed by atoms with van der Waals surface area (Å²) in [5, 5.41) is 17.7. The second-order valence-corrected chi connectivity index (χ2v) is 21.2. The number of hydrogen-bond acceptors (Lipinski definition) is 15. The van der Waals surface area contributed by atoms with Crippen LogP contribution in [0.2, 0.25) is 0 Å². The van der Waals surface area contributed by atoms with Crippen LogP contribution >= 0.6 is 22.7 Å². The number of carbonyl (C=O) groups excluding carboxylic acids is 5. The van der Waals surface area contributed by atoms with Crippen LogP contribution in [-0.2, 0) is 36.2 Å². The van der Waals surface area contributed by atoms with Crippen LogP contribution in [0.15, 0.2) is 111 Å². The molecule has 5 N–H and O–H groups in total. The number of imide groups is 2. The van der Waals surface area contributed by atoms with Crippen LogP contribution in [0.25, 0.3) is 32.8 Å². The smallest absolute Gasteiger partial charge is 0.382 e. The number of piperidine rings is 1. The lowest BCUT2D eigenvalue weighted by molar-refractivity contribution is -0.138. The Bertz CT molecular complexity index is 3790. The molecule has 1 fully saturated rings. The number of benzene rings is 4. The lowest BCUT2D eigenvalue weighted by atomic mass is 9.85. The molecular weight excluding hydrogens is 1160 g/mol. The van der Waals surface area contributed by atoms with E-state index in [1.54, 1.807) is 48.9 Å². The van der Waals surface area contributed by atoms with E-state index in [1.165, 1.54) is 51.8 Å². The molecule has 10 rings (SSSR count). The Balaban J connectivity index is 0.747. The Hall–Kier alpha value is -8.83. The summed E-state index contributed by atoms with van der Waals surface area (Å²) in [5.74, 6) is -3.91. The molecule has 8 aromatic rings. The second kappa shape index (κ2) is 24.8. The summed E-state index contributed by atoms with van der Waals surface area (Å²) < 4.78 is 99.1. The van der Waals surface area contributed by atoms with Gasteiger partial charge in [0, 0.05) is 70.0 Å². The van der Waals surface area contributed by atoms with E-state index in [-0.39, 0.29) is 104 Å². The molecule has 4 aromatic carbocycles. The molecule has 20 nitrogen and oxygen atoms in total. The van der Waals surface area contributed by atoms with Crippen molar-refractivity contribution in [2.24, 2.45) is 0 Å². The Kier molecular flexibility index (Phi) is 17.3. The number of alkyl halides is 6. The van der Waals surface area contributed by atoms with E-state index in [0.717, 1.165) is 51.8 Å². The minimum atomic E-state index is -4.54. The van der Waals surface area contributed by atoms with Gasteiger partial charge in [-0.05, 0) is 74.4 Å². The summed E-state index contributed by atoms with van der Waals surface area (Å²) >= 11 is 2.11. The number of ether oxygens (including phenoxy) is 3. The summed E-state index contributed by atoms with van der Waals surface area (Å²) in [7, 11) is 0. The number of nitrogens with zero attached hydrogens (tertiary/aromatic N) is 5. The van der Waals surface area contributed by atoms with Crippen molar-refractivity contribution in [1.29, 1.82) is 0 Å². The average Bonchev–Trinajstić information content (AvgIpc) is 2.83. The molecule has 1 saturated heterocycles. The maximum absolute atomic E-state index is 14.7. The summed E-state index contributed by atoms with van der Waals surface area (Å²) in [6.07, 6.45) is -9.03. The summed E-state index contributed by atoms with van der Waals surface area (Å²) in [4.78, 5) is 103. The van der Waals surface area contributed by atoms with Crippen LogP contribution in [0, 0.1) is 13.8 Å². The van der Waals surface area contributed by atoms with E-state index in [2.05, 4.69) is 36.1 Å². The van der Waals surface area contributed by atoms with Crippen molar-refractivity contribution in [2.75, 3.05) is 58.0 Å². The first-order valence-corrected chi connectivity index (χ1v) is 28.0. The largest absolute Gasteiger partial charge is 0.416 e. The predicted molar refractivity (Wildman–Crippen MR) is 298 cm³/mol. The third-order valence-corrected chi connectivity index (χ3v) is 15.7. The summed E-state index contributed by atoms with van der Waals surface area (Å²) in [6, 6.07) is 18.8. The van der Waals surface area contributed by atoms with E-state index in [1.807, 2.05) is 0 Å². The first-order chi connectivity index (χ1) is 40.7. The van der Waals surface area contributed by atoms with Crippen molar-refractivity contribution < 1.29 is 64.5 Å². The van der Waals surface area contributed by atoms with Crippen molar-refractivity contribution in [3.63, 3.8) is 0 Å². The molecule has 1 unspecified atom stereocenters. The molecule has 0 radical (unpaired) electrons. The monoisotopic (exact) mass is 1210 g/mol. The molecule has 0 saturated carbocycles. The van der Waals surface area contributed by atoms with Gasteiger partial charge in [-0.25, -0.2) is 9.97 Å². The molecule has 4 aromatic heterocycles. The standard InChI is InChI=1S/C57H50F6N10O10S2/c1-30-44(52(79)72(69-30)54-66-40(28-84-54)32-10-14-36(15-11-32)56(58,59)60)46(45-31(2)70-73(53(45)80)55-67-41(29-85-55)33-12-16-37(17-13-33)57(61,62)63)34-6-8-35(9-7-34)48(75)65-21-23-82-25-27-83-26-24-81-22-20-64-39-5-3-4-38-47(39)51(78)71(50(38)77)42-18-19-43(74)68-49(42)76/h3-17,28-29,42,46,64,69-70H,18-27H2,1-2H3,(H,65,75)(H,68,74,76). The zero-order valence-electron chi connectivity index (χ0n) is 44.9. The van der Waals surface area contributed by atoms with Gasteiger partial charge in [0.25, 0.3) is 28.8 Å². The highest BCUT2D eigenvalue weighted by Gasteiger charge is 2.46. The minimum absolute atomic E-state index is 0.0129. The fourth-order valence-corrected chi connectivity index (χ4v) is 11.4. The highest BCUT2D eigenvalue weighted by atomic mass is 32.1. The molecule has 28 heteroatoms. The molecule has 442 valence electrons. The van der Waals surface area contributed by atoms with Gasteiger partial charge in [-0.3, -0.25) is 54.0 Å². The maximum Gasteiger partial charge on any atom is 0.416 e. The number of hydrogen-bond donors (Lipinski definition) is 5. The number of nitrogens with one attached hydrogen (secondary N) is 5. The van der Waals surface area contributed by atoms with Crippen LogP contribution < -0.4 is 27.1 Å². The number of anilines is 1. The number of carbonyl (C=O) groups is 5. The molecule has 2 aliphatic heterocycles. The lowest BCUT2D eigenvalue weighted by Crippen LogP contribution is -2.54. The van der Waals surface area contributed by atoms with Crippen molar-refractivity contribution in [3.05, 3.63) is 178 Å². The second-order valence-electron chi connectivity index (χ2n) is 19.5. The van der Waals surface area contributed by atoms with Crippen molar-refractivity contribution >= 4 is 57.9 Å². The fraction of sp³-hybridized carbons (Fsp3) is 0.281. The minimum Gasteiger partial charge on any atom is -0.382 e. The van der Waals surface area contributed by atoms with Crippen molar-refractivity contribution in [2.45, 2.75) is 51.0 Å². The summed E-state index contributed by atoms with van der Waals surface area (Å²) in [5.41, 5.74) is 0.854. The normalized spacial score (nSPS) is 14.6. The van der Waals surface area contributed by atoms with Gasteiger partial charge in [0.1, 0.15) is 6.04 Å². The number of halogens is 6. The van der Waals surface area contributed by atoms with Crippen LogP contribution in [-0.4, -0.2) is 123 Å². The fourth-order valence-electron chi connectivity index (χ4n) is 9.83. The van der Waals surface area contributed by atoms with Crippen LogP contribution in [0.4, 0.5) is 32.0 Å². The SMILES string of the molecule is Cc1[nH]n(-c2nc(-c3ccc(C(F)(F)F)cc3)cs2)c(=O)c1C(c1ccc(C(=O)NCCOCCOCCOCCNc2cccc3c2C(=O)N(C2CCC(=O)NC2=O)C3=O)cc1)c1c(C)[nH]n(-c2nc(-c3ccc(C(F)(F)F)cc3)cs2)c1=O. The summed E-state index contributed by atoms with van der Waals surface area (Å²) in [6.45, 7) is 4.99. The van der Waals surface area contributed by atoms with E-state index >= 15 is 0 Å². The van der Waals surface area contributed by atoms with Gasteiger partial charge in [-0.2, -0.15) is 35.7 Å². The van der Waals surface area contributed by atoms with Gasteiger partial charge in [0.2, 0.25) is 22.1 Å². The molecule has 0 bridgehead atoms. The van der Waals surface area contributed by atoms with E-state index < -0.39 is 76.1 Å². The molecule has 5 amide bonds. The average molecular weight is 1210 g/mol. The van der Waals surface area contributed by atoms with Crippen molar-refractivity contribution in [1.82, 2.24) is 45.1 Å². The number of thiazole rings is 2. The van der Waals surface area contributed by atoms with E-state index in [9.17, 15) is 59.9 Å². The lowest BCUT2D eigenvalue weighted by Gasteiger charge is -2.27. The Morgan fingerprint density at radius 3 is 1.67 bits per heavy atom. The molecule has 6 heterocycles. The molecule has 2 aliphatic rings. The highest BCUT2D eigenvalue weighted by Crippen LogP contribution is 2.37. The van der Waals surface area contributed by atoms with Gasteiger partial charge in [0.15, 0.2) is 0 Å². The predicted octanol–water partition coefficient (Wildman–Crippen LogP) is 8.02. The zero-order valence-corrected chi connectivity index (χ0v) is 46.6. The molecular formula is C57H50F6N10O10S2.